The molecular weight excluding hydrogens is 354 g/mol. The molecule has 3 aromatic heterocycles. The molecule has 0 aliphatic carbocycles. The van der Waals surface area contributed by atoms with Crippen LogP contribution < -0.4 is 0 Å². The first-order valence-corrected chi connectivity index (χ1v) is 9.41. The largest absolute Gasteiger partial charge is 0.448 e. The average Bonchev–Trinajstić information content (AvgIpc) is 3.35. The first-order valence-electron chi connectivity index (χ1n) is 9.41. The second-order valence-corrected chi connectivity index (χ2v) is 7.24. The third kappa shape index (κ3) is 2.83. The molecule has 7 heteroatoms. The quantitative estimate of drug-likeness (QED) is 0.543. The molecular formula is C21H19N5O2. The fourth-order valence-electron chi connectivity index (χ4n) is 4.11. The Morgan fingerprint density at radius 1 is 1.29 bits per heavy atom. The van der Waals surface area contributed by atoms with Gasteiger partial charge in [0.2, 0.25) is 0 Å². The Kier molecular flexibility index (Phi) is 4.06. The highest BCUT2D eigenvalue weighted by Gasteiger charge is 2.26. The Bertz CT molecular complexity index is 1190. The molecule has 1 aliphatic rings. The van der Waals surface area contributed by atoms with Crippen molar-refractivity contribution in [2.24, 2.45) is 0 Å². The molecule has 28 heavy (non-hydrogen) atoms. The van der Waals surface area contributed by atoms with Crippen LogP contribution >= 0.6 is 0 Å². The van der Waals surface area contributed by atoms with Gasteiger partial charge in [-0.05, 0) is 38.0 Å². The van der Waals surface area contributed by atoms with Crippen LogP contribution in [0.1, 0.15) is 43.0 Å². The predicted molar refractivity (Wildman–Crippen MR) is 103 cm³/mol. The standard InChI is InChI=1S/C21H19N5O2/c1-13-6-15(4-5-27-13)26-20(8-16-10-23-12-28-16)25-19-11-24-18-3-2-14(9-22)7-17(18)21(19)26/h2-3,7,10-13,15H,4-6,8H2,1H3/t13-,15?/m1/s1. The van der Waals surface area contributed by atoms with Gasteiger partial charge in [0, 0.05) is 18.0 Å². The van der Waals surface area contributed by atoms with Crippen LogP contribution in [0.4, 0.5) is 0 Å². The maximum Gasteiger partial charge on any atom is 0.180 e. The molecule has 4 aromatic rings. The average molecular weight is 373 g/mol. The number of benzene rings is 1. The molecule has 0 bridgehead atoms. The summed E-state index contributed by atoms with van der Waals surface area (Å²) in [5.41, 5.74) is 3.33. The minimum absolute atomic E-state index is 0.192. The predicted octanol–water partition coefficient (Wildman–Crippen LogP) is 3.77. The highest BCUT2D eigenvalue weighted by molar-refractivity contribution is 6.02. The van der Waals surface area contributed by atoms with Gasteiger partial charge in [-0.2, -0.15) is 5.26 Å². The van der Waals surface area contributed by atoms with Gasteiger partial charge in [-0.3, -0.25) is 4.98 Å². The summed E-state index contributed by atoms with van der Waals surface area (Å²) in [6.45, 7) is 2.83. The molecule has 4 heterocycles. The molecule has 0 radical (unpaired) electrons. The van der Waals surface area contributed by atoms with Crippen LogP contribution in [0.3, 0.4) is 0 Å². The summed E-state index contributed by atoms with van der Waals surface area (Å²) in [5.74, 6) is 1.69. The van der Waals surface area contributed by atoms with E-state index in [0.717, 1.165) is 53.0 Å². The van der Waals surface area contributed by atoms with Gasteiger partial charge in [-0.15, -0.1) is 0 Å². The van der Waals surface area contributed by atoms with E-state index in [1.807, 2.05) is 18.3 Å². The summed E-state index contributed by atoms with van der Waals surface area (Å²) in [7, 11) is 0. The van der Waals surface area contributed by atoms with Gasteiger partial charge in [-0.25, -0.2) is 9.97 Å². The molecule has 0 saturated carbocycles. The Balaban J connectivity index is 1.77. The lowest BCUT2D eigenvalue weighted by molar-refractivity contribution is 0.00629. The first-order chi connectivity index (χ1) is 13.7. The van der Waals surface area contributed by atoms with E-state index in [4.69, 9.17) is 14.1 Å². The van der Waals surface area contributed by atoms with E-state index >= 15 is 0 Å². The van der Waals surface area contributed by atoms with Crippen molar-refractivity contribution in [3.05, 3.63) is 54.1 Å². The van der Waals surface area contributed by atoms with Crippen LogP contribution in [0.2, 0.25) is 0 Å². The lowest BCUT2D eigenvalue weighted by Crippen LogP contribution is -2.26. The van der Waals surface area contributed by atoms with Gasteiger partial charge in [-0.1, -0.05) is 0 Å². The first kappa shape index (κ1) is 16.9. The summed E-state index contributed by atoms with van der Waals surface area (Å²) >= 11 is 0. The van der Waals surface area contributed by atoms with E-state index in [9.17, 15) is 5.26 Å². The molecule has 1 saturated heterocycles. The summed E-state index contributed by atoms with van der Waals surface area (Å²) < 4.78 is 13.6. The van der Waals surface area contributed by atoms with Gasteiger partial charge >= 0.3 is 0 Å². The SMILES string of the molecule is C[C@@H]1CC(n2c(Cc3cnco3)nc3cnc4ccc(C#N)cc4c32)CCO1. The summed E-state index contributed by atoms with van der Waals surface area (Å²) in [6, 6.07) is 8.10. The number of aromatic nitrogens is 4. The number of nitrogens with zero attached hydrogens (tertiary/aromatic N) is 5. The second-order valence-electron chi connectivity index (χ2n) is 7.24. The molecule has 7 nitrogen and oxygen atoms in total. The third-order valence-corrected chi connectivity index (χ3v) is 5.36. The van der Waals surface area contributed by atoms with E-state index in [2.05, 4.69) is 27.5 Å². The minimum Gasteiger partial charge on any atom is -0.448 e. The molecule has 1 unspecified atom stereocenters. The highest BCUT2D eigenvalue weighted by Crippen LogP contribution is 2.34. The Labute approximate surface area is 161 Å². The zero-order valence-electron chi connectivity index (χ0n) is 15.5. The number of imidazole rings is 1. The van der Waals surface area contributed by atoms with E-state index in [1.54, 1.807) is 12.3 Å². The maximum atomic E-state index is 9.37. The number of hydrogen-bond acceptors (Lipinski definition) is 6. The highest BCUT2D eigenvalue weighted by atomic mass is 16.5. The zero-order chi connectivity index (χ0) is 19.1. The lowest BCUT2D eigenvalue weighted by Gasteiger charge is -2.30. The number of oxazole rings is 1. The van der Waals surface area contributed by atoms with Gasteiger partial charge < -0.3 is 13.7 Å². The Morgan fingerprint density at radius 3 is 3.00 bits per heavy atom. The van der Waals surface area contributed by atoms with Crippen molar-refractivity contribution in [1.82, 2.24) is 19.5 Å². The van der Waals surface area contributed by atoms with Gasteiger partial charge in [0.05, 0.1) is 47.6 Å². The van der Waals surface area contributed by atoms with Crippen molar-refractivity contribution in [1.29, 1.82) is 5.26 Å². The fraction of sp³-hybridized carbons (Fsp3) is 0.333. The minimum atomic E-state index is 0.192. The van der Waals surface area contributed by atoms with Gasteiger partial charge in [0.1, 0.15) is 17.1 Å². The van der Waals surface area contributed by atoms with Crippen LogP contribution in [0.25, 0.3) is 21.9 Å². The van der Waals surface area contributed by atoms with Crippen molar-refractivity contribution >= 4 is 21.9 Å². The molecule has 0 spiro atoms. The molecule has 5 rings (SSSR count). The molecule has 140 valence electrons. The van der Waals surface area contributed by atoms with Crippen molar-refractivity contribution in [3.63, 3.8) is 0 Å². The molecule has 1 aliphatic heterocycles. The molecule has 0 amide bonds. The fourth-order valence-corrected chi connectivity index (χ4v) is 4.11. The van der Waals surface area contributed by atoms with Gasteiger partial charge in [0.15, 0.2) is 6.39 Å². The molecule has 0 N–H and O–H groups in total. The second kappa shape index (κ2) is 6.73. The van der Waals surface area contributed by atoms with E-state index < -0.39 is 0 Å². The van der Waals surface area contributed by atoms with Crippen LogP contribution in [0.5, 0.6) is 0 Å². The summed E-state index contributed by atoms with van der Waals surface area (Å²) in [5, 5.41) is 10.3. The van der Waals surface area contributed by atoms with Crippen molar-refractivity contribution in [3.8, 4) is 6.07 Å². The maximum absolute atomic E-state index is 9.37. The zero-order valence-corrected chi connectivity index (χ0v) is 15.5. The van der Waals surface area contributed by atoms with Crippen LogP contribution in [-0.2, 0) is 11.2 Å². The lowest BCUT2D eigenvalue weighted by atomic mass is 10.0. The van der Waals surface area contributed by atoms with E-state index in [0.29, 0.717) is 12.0 Å². The molecule has 1 aromatic carbocycles. The topological polar surface area (TPSA) is 89.8 Å². The Morgan fingerprint density at radius 2 is 2.21 bits per heavy atom. The van der Waals surface area contributed by atoms with E-state index in [1.165, 1.54) is 6.39 Å². The molecule has 1 fully saturated rings. The summed E-state index contributed by atoms with van der Waals surface area (Å²) in [4.78, 5) is 13.5. The third-order valence-electron chi connectivity index (χ3n) is 5.36. The number of nitriles is 1. The Hall–Kier alpha value is -3.24. The smallest absolute Gasteiger partial charge is 0.180 e. The van der Waals surface area contributed by atoms with Crippen molar-refractivity contribution in [2.45, 2.75) is 38.3 Å². The summed E-state index contributed by atoms with van der Waals surface area (Å²) in [6.07, 6.45) is 7.55. The number of rotatable bonds is 3. The van der Waals surface area contributed by atoms with Crippen LogP contribution in [-0.4, -0.2) is 32.2 Å². The number of pyridine rings is 1. The molecule has 2 atom stereocenters. The number of fused-ring (bicyclic) bond motifs is 3. The normalized spacial score (nSPS) is 19.9. The van der Waals surface area contributed by atoms with Crippen molar-refractivity contribution < 1.29 is 9.15 Å². The monoisotopic (exact) mass is 373 g/mol. The number of ether oxygens (including phenoxy) is 1. The number of hydrogen-bond donors (Lipinski definition) is 0. The van der Waals surface area contributed by atoms with Crippen molar-refractivity contribution in [2.75, 3.05) is 6.61 Å². The van der Waals surface area contributed by atoms with E-state index in [-0.39, 0.29) is 12.1 Å². The van der Waals surface area contributed by atoms with Gasteiger partial charge in [0.25, 0.3) is 0 Å². The van der Waals surface area contributed by atoms with Crippen LogP contribution in [0, 0.1) is 11.3 Å². The van der Waals surface area contributed by atoms with Crippen LogP contribution in [0.15, 0.2) is 41.4 Å².